The minimum Gasteiger partial charge on any atom is -0.294 e. The predicted molar refractivity (Wildman–Crippen MR) is 51.6 cm³/mol. The van der Waals surface area contributed by atoms with Gasteiger partial charge in [0.1, 0.15) is 4.33 Å². The maximum atomic E-state index is 11.3. The standard InChI is InChI=1S/C9H12Cl2O/c1-3-6(2)4-8(12)7-5-9(7,10)11/h4,7H,3,5H2,1-2H3/b6-4+/t7-/m0/s1. The molecule has 12 heavy (non-hydrogen) atoms. The summed E-state index contributed by atoms with van der Waals surface area (Å²) in [5.41, 5.74) is 1.08. The van der Waals surface area contributed by atoms with Crippen LogP contribution in [0.25, 0.3) is 0 Å². The number of carbonyl (C=O) groups excluding carboxylic acids is 1. The van der Waals surface area contributed by atoms with Crippen LogP contribution >= 0.6 is 23.2 Å². The third-order valence-electron chi connectivity index (χ3n) is 2.12. The van der Waals surface area contributed by atoms with Gasteiger partial charge < -0.3 is 0 Å². The minimum atomic E-state index is -0.776. The van der Waals surface area contributed by atoms with Gasteiger partial charge in [0.25, 0.3) is 0 Å². The summed E-state index contributed by atoms with van der Waals surface area (Å²) in [6, 6.07) is 0. The highest BCUT2D eigenvalue weighted by molar-refractivity contribution is 6.52. The van der Waals surface area contributed by atoms with Crippen molar-refractivity contribution < 1.29 is 4.79 Å². The maximum absolute atomic E-state index is 11.3. The molecule has 68 valence electrons. The molecule has 1 fully saturated rings. The molecule has 0 aromatic rings. The Bertz CT molecular complexity index is 231. The highest BCUT2D eigenvalue weighted by atomic mass is 35.5. The number of halogens is 2. The number of rotatable bonds is 3. The van der Waals surface area contributed by atoms with E-state index < -0.39 is 4.33 Å². The van der Waals surface area contributed by atoms with E-state index in [1.165, 1.54) is 0 Å². The Balaban J connectivity index is 2.52. The molecule has 0 heterocycles. The first-order valence-electron chi connectivity index (χ1n) is 4.06. The first-order chi connectivity index (χ1) is 5.47. The Labute approximate surface area is 82.7 Å². The van der Waals surface area contributed by atoms with Crippen LogP contribution in [0, 0.1) is 5.92 Å². The van der Waals surface area contributed by atoms with E-state index in [4.69, 9.17) is 23.2 Å². The second-order valence-electron chi connectivity index (χ2n) is 3.26. The lowest BCUT2D eigenvalue weighted by molar-refractivity contribution is -0.115. The lowest BCUT2D eigenvalue weighted by Crippen LogP contribution is -2.03. The van der Waals surface area contributed by atoms with Crippen LogP contribution in [0.15, 0.2) is 11.6 Å². The molecule has 0 aromatic carbocycles. The third-order valence-corrected chi connectivity index (χ3v) is 2.95. The number of hydrogen-bond acceptors (Lipinski definition) is 1. The molecule has 0 bridgehead atoms. The molecule has 1 aliphatic carbocycles. The van der Waals surface area contributed by atoms with Crippen LogP contribution in [0.3, 0.4) is 0 Å². The van der Waals surface area contributed by atoms with Crippen molar-refractivity contribution in [2.45, 2.75) is 31.0 Å². The van der Waals surface area contributed by atoms with Crippen molar-refractivity contribution in [3.8, 4) is 0 Å². The normalized spacial score (nSPS) is 27.0. The molecule has 1 atom stereocenters. The van der Waals surface area contributed by atoms with Crippen molar-refractivity contribution in [2.24, 2.45) is 5.92 Å². The molecule has 0 radical (unpaired) electrons. The number of ketones is 1. The van der Waals surface area contributed by atoms with E-state index in [9.17, 15) is 4.79 Å². The molecule has 0 N–H and O–H groups in total. The van der Waals surface area contributed by atoms with Crippen LogP contribution in [0.1, 0.15) is 26.7 Å². The molecule has 0 unspecified atom stereocenters. The van der Waals surface area contributed by atoms with E-state index in [1.807, 2.05) is 13.8 Å². The fourth-order valence-electron chi connectivity index (χ4n) is 0.967. The zero-order chi connectivity index (χ0) is 9.35. The number of alkyl halides is 2. The Hall–Kier alpha value is -0.0100. The van der Waals surface area contributed by atoms with Gasteiger partial charge in [0, 0.05) is 0 Å². The molecule has 0 saturated heterocycles. The quantitative estimate of drug-likeness (QED) is 0.513. The van der Waals surface area contributed by atoms with Crippen LogP contribution in [-0.4, -0.2) is 10.1 Å². The summed E-state index contributed by atoms with van der Waals surface area (Å²) >= 11 is 11.5. The van der Waals surface area contributed by atoms with E-state index in [1.54, 1.807) is 6.08 Å². The van der Waals surface area contributed by atoms with E-state index in [0.29, 0.717) is 6.42 Å². The Kier molecular flexibility index (Phi) is 2.84. The average Bonchev–Trinajstić information content (AvgIpc) is 2.59. The fraction of sp³-hybridized carbons (Fsp3) is 0.667. The maximum Gasteiger partial charge on any atom is 0.161 e. The highest BCUT2D eigenvalue weighted by Gasteiger charge is 2.55. The molecular weight excluding hydrogens is 195 g/mol. The first kappa shape index (κ1) is 10.1. The molecule has 1 nitrogen and oxygen atoms in total. The molecule has 0 aliphatic heterocycles. The zero-order valence-corrected chi connectivity index (χ0v) is 8.74. The van der Waals surface area contributed by atoms with Gasteiger partial charge in [-0.1, -0.05) is 12.5 Å². The molecular formula is C9H12Cl2O. The van der Waals surface area contributed by atoms with E-state index in [0.717, 1.165) is 12.0 Å². The second-order valence-corrected chi connectivity index (χ2v) is 4.81. The molecule has 1 saturated carbocycles. The van der Waals surface area contributed by atoms with Gasteiger partial charge in [-0.25, -0.2) is 0 Å². The summed E-state index contributed by atoms with van der Waals surface area (Å²) in [4.78, 5) is 11.3. The topological polar surface area (TPSA) is 17.1 Å². The van der Waals surface area contributed by atoms with E-state index in [-0.39, 0.29) is 11.7 Å². The number of hydrogen-bond donors (Lipinski definition) is 0. The Morgan fingerprint density at radius 1 is 1.67 bits per heavy atom. The predicted octanol–water partition coefficient (Wildman–Crippen LogP) is 3.11. The van der Waals surface area contributed by atoms with Crippen molar-refractivity contribution in [3.05, 3.63) is 11.6 Å². The molecule has 3 heteroatoms. The summed E-state index contributed by atoms with van der Waals surface area (Å²) in [5, 5.41) is 0. The van der Waals surface area contributed by atoms with Crippen molar-refractivity contribution in [3.63, 3.8) is 0 Å². The van der Waals surface area contributed by atoms with E-state index in [2.05, 4.69) is 0 Å². The van der Waals surface area contributed by atoms with Crippen LogP contribution in [0.2, 0.25) is 0 Å². The van der Waals surface area contributed by atoms with Gasteiger partial charge in [0.15, 0.2) is 5.78 Å². The molecule has 0 amide bonds. The van der Waals surface area contributed by atoms with Crippen LogP contribution < -0.4 is 0 Å². The van der Waals surface area contributed by atoms with Gasteiger partial charge in [-0.15, -0.1) is 23.2 Å². The fourth-order valence-corrected chi connectivity index (χ4v) is 1.49. The van der Waals surface area contributed by atoms with Crippen LogP contribution in [-0.2, 0) is 4.79 Å². The zero-order valence-electron chi connectivity index (χ0n) is 7.23. The van der Waals surface area contributed by atoms with Crippen molar-refractivity contribution in [1.82, 2.24) is 0 Å². The minimum absolute atomic E-state index is 0.0688. The van der Waals surface area contributed by atoms with Gasteiger partial charge in [-0.3, -0.25) is 4.79 Å². The smallest absolute Gasteiger partial charge is 0.161 e. The second kappa shape index (κ2) is 3.39. The van der Waals surface area contributed by atoms with Gasteiger partial charge in [-0.05, 0) is 25.8 Å². The van der Waals surface area contributed by atoms with Crippen molar-refractivity contribution in [1.29, 1.82) is 0 Å². The van der Waals surface area contributed by atoms with Gasteiger partial charge in [0.05, 0.1) is 5.92 Å². The molecule has 0 aromatic heterocycles. The number of allylic oxidation sites excluding steroid dienone is 2. The number of carbonyl (C=O) groups is 1. The summed E-state index contributed by atoms with van der Waals surface area (Å²) in [6.45, 7) is 3.95. The molecule has 1 aliphatic rings. The summed E-state index contributed by atoms with van der Waals surface area (Å²) < 4.78 is -0.776. The Morgan fingerprint density at radius 3 is 2.50 bits per heavy atom. The summed E-state index contributed by atoms with van der Waals surface area (Å²) in [6.07, 6.45) is 3.15. The van der Waals surface area contributed by atoms with Crippen LogP contribution in [0.5, 0.6) is 0 Å². The highest BCUT2D eigenvalue weighted by Crippen LogP contribution is 2.53. The lowest BCUT2D eigenvalue weighted by Gasteiger charge is -1.96. The van der Waals surface area contributed by atoms with E-state index >= 15 is 0 Å². The Morgan fingerprint density at radius 2 is 2.17 bits per heavy atom. The lowest BCUT2D eigenvalue weighted by atomic mass is 10.1. The van der Waals surface area contributed by atoms with Gasteiger partial charge in [0.2, 0.25) is 0 Å². The SMILES string of the molecule is CC/C(C)=C/C(=O)[C@@H]1CC1(Cl)Cl. The average molecular weight is 207 g/mol. The molecule has 0 spiro atoms. The first-order valence-corrected chi connectivity index (χ1v) is 4.82. The summed E-state index contributed by atoms with van der Waals surface area (Å²) in [7, 11) is 0. The van der Waals surface area contributed by atoms with Crippen LogP contribution in [0.4, 0.5) is 0 Å². The monoisotopic (exact) mass is 206 g/mol. The molecule has 1 rings (SSSR count). The largest absolute Gasteiger partial charge is 0.294 e. The van der Waals surface area contributed by atoms with Crippen molar-refractivity contribution >= 4 is 29.0 Å². The summed E-state index contributed by atoms with van der Waals surface area (Å²) in [5.74, 6) is -0.0957. The third kappa shape index (κ3) is 2.24. The van der Waals surface area contributed by atoms with Gasteiger partial charge >= 0.3 is 0 Å². The van der Waals surface area contributed by atoms with Gasteiger partial charge in [-0.2, -0.15) is 0 Å². The van der Waals surface area contributed by atoms with Crippen molar-refractivity contribution in [2.75, 3.05) is 0 Å².